The molecule has 2 rings (SSSR count). The molecule has 0 bridgehead atoms. The normalized spacial score (nSPS) is 10.5. The predicted molar refractivity (Wildman–Crippen MR) is 96.9 cm³/mol. The van der Waals surface area contributed by atoms with Crippen LogP contribution < -0.4 is 4.74 Å². The van der Waals surface area contributed by atoms with Crippen LogP contribution in [0.1, 0.15) is 54.1 Å². The Hall–Kier alpha value is -2.29. The highest BCUT2D eigenvalue weighted by atomic mass is 16.5. The summed E-state index contributed by atoms with van der Waals surface area (Å²) in [4.78, 5) is 11.1. The molecule has 2 aromatic carbocycles. The molecule has 0 saturated heterocycles. The lowest BCUT2D eigenvalue weighted by Gasteiger charge is -2.09. The maximum Gasteiger partial charge on any atom is 0.339 e. The zero-order valence-corrected chi connectivity index (χ0v) is 14.3. The number of hydrogen-bond acceptors (Lipinski definition) is 2. The molecule has 3 nitrogen and oxygen atoms in total. The molecule has 128 valence electrons. The Kier molecular flexibility index (Phi) is 7.34. The molecule has 0 saturated carbocycles. The monoisotopic (exact) mass is 326 g/mol. The third kappa shape index (κ3) is 5.73. The van der Waals surface area contributed by atoms with Crippen molar-refractivity contribution in [3.63, 3.8) is 0 Å². The maximum absolute atomic E-state index is 11.1. The van der Waals surface area contributed by atoms with E-state index in [9.17, 15) is 4.79 Å². The molecule has 0 aliphatic carbocycles. The molecule has 2 aromatic rings. The third-order valence-electron chi connectivity index (χ3n) is 4.08. The summed E-state index contributed by atoms with van der Waals surface area (Å²) in [5.74, 6) is -0.513. The zero-order chi connectivity index (χ0) is 17.2. The van der Waals surface area contributed by atoms with Crippen LogP contribution in [0, 0.1) is 0 Å². The van der Waals surface area contributed by atoms with Crippen LogP contribution >= 0.6 is 0 Å². The largest absolute Gasteiger partial charge is 0.493 e. The molecule has 3 heteroatoms. The summed E-state index contributed by atoms with van der Waals surface area (Å²) in [6.07, 6.45) is 6.75. The number of aryl methyl sites for hydroxylation is 2. The van der Waals surface area contributed by atoms with Crippen molar-refractivity contribution in [2.24, 2.45) is 0 Å². The van der Waals surface area contributed by atoms with Crippen LogP contribution in [-0.2, 0) is 12.8 Å². The molecule has 0 aliphatic rings. The minimum Gasteiger partial charge on any atom is -0.493 e. The van der Waals surface area contributed by atoms with Crippen LogP contribution in [0.5, 0.6) is 5.75 Å². The van der Waals surface area contributed by atoms with E-state index in [1.54, 1.807) is 24.3 Å². The van der Waals surface area contributed by atoms with Crippen molar-refractivity contribution in [1.82, 2.24) is 0 Å². The second kappa shape index (κ2) is 9.76. The number of hydrogen-bond donors (Lipinski definition) is 1. The van der Waals surface area contributed by atoms with Crippen molar-refractivity contribution in [2.45, 2.75) is 45.4 Å². The summed E-state index contributed by atoms with van der Waals surface area (Å²) >= 11 is 0. The molecule has 0 heterocycles. The molecule has 0 atom stereocenters. The van der Waals surface area contributed by atoms with E-state index in [1.165, 1.54) is 30.4 Å². The van der Waals surface area contributed by atoms with Crippen LogP contribution in [0.3, 0.4) is 0 Å². The van der Waals surface area contributed by atoms with E-state index >= 15 is 0 Å². The van der Waals surface area contributed by atoms with Crippen LogP contribution in [0.4, 0.5) is 0 Å². The van der Waals surface area contributed by atoms with Gasteiger partial charge in [-0.1, -0.05) is 56.2 Å². The van der Waals surface area contributed by atoms with Crippen molar-refractivity contribution in [3.8, 4) is 5.75 Å². The zero-order valence-electron chi connectivity index (χ0n) is 14.3. The Bertz CT molecular complexity index is 632. The average Bonchev–Trinajstić information content (AvgIpc) is 2.60. The molecule has 0 radical (unpaired) electrons. The van der Waals surface area contributed by atoms with Crippen LogP contribution in [0.25, 0.3) is 0 Å². The Balaban J connectivity index is 1.75. The second-order valence-corrected chi connectivity index (χ2v) is 6.03. The number of ether oxygens (including phenoxy) is 1. The fourth-order valence-corrected chi connectivity index (χ4v) is 2.68. The number of aromatic carboxylic acids is 1. The van der Waals surface area contributed by atoms with Crippen molar-refractivity contribution in [3.05, 3.63) is 65.2 Å². The van der Waals surface area contributed by atoms with Crippen LogP contribution in [-0.4, -0.2) is 17.7 Å². The molecule has 0 spiro atoms. The average molecular weight is 326 g/mol. The summed E-state index contributed by atoms with van der Waals surface area (Å²) in [5, 5.41) is 9.12. The van der Waals surface area contributed by atoms with Gasteiger partial charge in [-0.2, -0.15) is 0 Å². The van der Waals surface area contributed by atoms with E-state index in [0.29, 0.717) is 12.4 Å². The highest BCUT2D eigenvalue weighted by Gasteiger charge is 2.09. The van der Waals surface area contributed by atoms with Crippen molar-refractivity contribution in [1.29, 1.82) is 0 Å². The lowest BCUT2D eigenvalue weighted by Crippen LogP contribution is -2.05. The number of unbranched alkanes of at least 4 members (excludes halogenated alkanes) is 2. The first kappa shape index (κ1) is 18.1. The van der Waals surface area contributed by atoms with Crippen LogP contribution in [0.15, 0.2) is 48.5 Å². The molecule has 1 N–H and O–H groups in total. The van der Waals surface area contributed by atoms with Crippen molar-refractivity contribution < 1.29 is 14.6 Å². The van der Waals surface area contributed by atoms with Gasteiger partial charge in [-0.05, 0) is 48.9 Å². The second-order valence-electron chi connectivity index (χ2n) is 6.03. The molecular formula is C21H26O3. The smallest absolute Gasteiger partial charge is 0.339 e. The third-order valence-corrected chi connectivity index (χ3v) is 4.08. The van der Waals surface area contributed by atoms with Gasteiger partial charge in [0.1, 0.15) is 11.3 Å². The Morgan fingerprint density at radius 3 is 2.17 bits per heavy atom. The highest BCUT2D eigenvalue weighted by Crippen LogP contribution is 2.18. The van der Waals surface area contributed by atoms with E-state index in [0.717, 1.165) is 19.3 Å². The van der Waals surface area contributed by atoms with Crippen molar-refractivity contribution in [2.75, 3.05) is 6.61 Å². The molecule has 0 aromatic heterocycles. The summed E-state index contributed by atoms with van der Waals surface area (Å²) in [6, 6.07) is 15.6. The summed E-state index contributed by atoms with van der Waals surface area (Å²) in [5.41, 5.74) is 2.91. The van der Waals surface area contributed by atoms with Gasteiger partial charge in [-0.3, -0.25) is 0 Å². The number of rotatable bonds is 10. The first-order valence-electron chi connectivity index (χ1n) is 8.73. The van der Waals surface area contributed by atoms with E-state index in [-0.39, 0.29) is 5.56 Å². The van der Waals surface area contributed by atoms with E-state index in [1.807, 2.05) is 0 Å². The van der Waals surface area contributed by atoms with E-state index in [2.05, 4.69) is 31.2 Å². The molecule has 0 unspecified atom stereocenters. The van der Waals surface area contributed by atoms with Gasteiger partial charge in [0.15, 0.2) is 0 Å². The summed E-state index contributed by atoms with van der Waals surface area (Å²) < 4.78 is 5.63. The van der Waals surface area contributed by atoms with Gasteiger partial charge in [0.25, 0.3) is 0 Å². The number of carboxylic acid groups (broad SMARTS) is 1. The standard InChI is InChI=1S/C21H26O3/c1-2-3-4-8-17-12-14-18(15-13-17)9-7-16-24-20-11-6-5-10-19(20)21(22)23/h5-6,10-15H,2-4,7-9,16H2,1H3,(H,22,23). The first-order valence-corrected chi connectivity index (χ1v) is 8.73. The lowest BCUT2D eigenvalue weighted by atomic mass is 10.0. The Morgan fingerprint density at radius 2 is 1.54 bits per heavy atom. The fraction of sp³-hybridized carbons (Fsp3) is 0.381. The van der Waals surface area contributed by atoms with Crippen LogP contribution in [0.2, 0.25) is 0 Å². The number of para-hydroxylation sites is 1. The van der Waals surface area contributed by atoms with Gasteiger partial charge in [0.2, 0.25) is 0 Å². The van der Waals surface area contributed by atoms with Gasteiger partial charge in [0.05, 0.1) is 6.61 Å². The number of carbonyl (C=O) groups is 1. The van der Waals surface area contributed by atoms with Gasteiger partial charge in [-0.15, -0.1) is 0 Å². The van der Waals surface area contributed by atoms with E-state index in [4.69, 9.17) is 9.84 Å². The molecular weight excluding hydrogens is 300 g/mol. The highest BCUT2D eigenvalue weighted by molar-refractivity contribution is 5.90. The topological polar surface area (TPSA) is 46.5 Å². The molecule has 0 fully saturated rings. The molecule has 0 aliphatic heterocycles. The lowest BCUT2D eigenvalue weighted by molar-refractivity contribution is 0.0692. The predicted octanol–water partition coefficient (Wildman–Crippen LogP) is 5.13. The van der Waals surface area contributed by atoms with Gasteiger partial charge >= 0.3 is 5.97 Å². The van der Waals surface area contributed by atoms with Gasteiger partial charge in [0, 0.05) is 0 Å². The van der Waals surface area contributed by atoms with Gasteiger partial charge in [-0.25, -0.2) is 4.79 Å². The van der Waals surface area contributed by atoms with Gasteiger partial charge < -0.3 is 9.84 Å². The molecule has 0 amide bonds. The minimum absolute atomic E-state index is 0.217. The number of carboxylic acids is 1. The summed E-state index contributed by atoms with van der Waals surface area (Å²) in [7, 11) is 0. The quantitative estimate of drug-likeness (QED) is 0.616. The van der Waals surface area contributed by atoms with Crippen molar-refractivity contribution >= 4 is 5.97 Å². The number of benzene rings is 2. The first-order chi connectivity index (χ1) is 11.7. The maximum atomic E-state index is 11.1. The van der Waals surface area contributed by atoms with E-state index < -0.39 is 5.97 Å². The minimum atomic E-state index is -0.954. The summed E-state index contributed by atoms with van der Waals surface area (Å²) in [6.45, 7) is 2.74. The fourth-order valence-electron chi connectivity index (χ4n) is 2.68. The molecule has 24 heavy (non-hydrogen) atoms. The Labute approximate surface area is 144 Å². The SMILES string of the molecule is CCCCCc1ccc(CCCOc2ccccc2C(=O)O)cc1. The Morgan fingerprint density at radius 1 is 0.917 bits per heavy atom.